The molecule has 13 nitrogen and oxygen atoms in total. The van der Waals surface area contributed by atoms with Crippen LogP contribution in [-0.2, 0) is 21.4 Å². The van der Waals surface area contributed by atoms with Crippen molar-refractivity contribution in [3.05, 3.63) is 167 Å². The number of aliphatic carboxylic acids is 1. The van der Waals surface area contributed by atoms with E-state index in [0.29, 0.717) is 71.5 Å². The number of rotatable bonds is 15. The minimum absolute atomic E-state index is 0. The van der Waals surface area contributed by atoms with Gasteiger partial charge in [-0.25, -0.2) is 13.6 Å². The number of alkyl halides is 4. The number of aliphatic hydroxyl groups is 2. The molecule has 6 aromatic rings. The van der Waals surface area contributed by atoms with Crippen molar-refractivity contribution >= 4 is 11.9 Å². The predicted molar refractivity (Wildman–Crippen MR) is 268 cm³/mol. The Bertz CT molecular complexity index is 2880. The van der Waals surface area contributed by atoms with Crippen LogP contribution in [0.2, 0.25) is 0 Å². The van der Waals surface area contributed by atoms with Crippen LogP contribution in [0, 0.1) is 11.6 Å². The highest BCUT2D eigenvalue weighted by atomic mass is 19.3. The molecule has 0 aliphatic carbocycles. The first kappa shape index (κ1) is 56.5. The second-order valence-corrected chi connectivity index (χ2v) is 18.4. The molecule has 2 saturated heterocycles. The quantitative estimate of drug-likeness (QED) is 0.0621. The molecule has 0 bridgehead atoms. The minimum Gasteiger partial charge on any atom is -0.486 e. The van der Waals surface area contributed by atoms with E-state index in [1.54, 1.807) is 30.3 Å². The van der Waals surface area contributed by atoms with Crippen molar-refractivity contribution in [2.45, 2.75) is 49.0 Å². The normalized spacial score (nSPS) is 16.5. The summed E-state index contributed by atoms with van der Waals surface area (Å²) in [5.74, 6) is -9.79. The van der Waals surface area contributed by atoms with Crippen LogP contribution < -0.4 is 30.0 Å². The molecule has 1 amide bonds. The van der Waals surface area contributed by atoms with E-state index in [1.807, 2.05) is 23.1 Å². The smallest absolute Gasteiger partial charge is 0.379 e. The van der Waals surface area contributed by atoms with E-state index in [0.717, 1.165) is 62.6 Å². The zero-order valence-corrected chi connectivity index (χ0v) is 40.9. The predicted octanol–water partition coefficient (Wildman–Crippen LogP) is 8.63. The number of carbonyl (C=O) groups excluding carboxylic acids is 1. The number of ether oxygens (including phenoxy) is 4. The summed E-state index contributed by atoms with van der Waals surface area (Å²) in [7, 11) is 0. The largest absolute Gasteiger partial charge is 0.486 e. The highest BCUT2D eigenvalue weighted by molar-refractivity contribution is 5.85. The van der Waals surface area contributed by atoms with E-state index in [1.165, 1.54) is 79.2 Å². The summed E-state index contributed by atoms with van der Waals surface area (Å²) >= 11 is 0. The summed E-state index contributed by atoms with van der Waals surface area (Å²) in [6.07, 6.45) is 0.290. The van der Waals surface area contributed by atoms with Crippen molar-refractivity contribution in [3.63, 3.8) is 0 Å². The van der Waals surface area contributed by atoms with Crippen molar-refractivity contribution in [2.75, 3.05) is 65.7 Å². The molecule has 404 valence electrons. The van der Waals surface area contributed by atoms with E-state index in [-0.39, 0.29) is 17.3 Å². The third-order valence-electron chi connectivity index (χ3n) is 13.1. The molecule has 0 radical (unpaired) electrons. The number of nitrogens with zero attached hydrogens (tertiary/aromatic N) is 2. The number of carboxylic acids is 1. The maximum absolute atomic E-state index is 15.2. The van der Waals surface area contributed by atoms with Gasteiger partial charge in [0.1, 0.15) is 44.2 Å². The summed E-state index contributed by atoms with van der Waals surface area (Å²) in [6.45, 7) is 6.56. The number of fused-ring (bicyclic) bond motifs is 2. The van der Waals surface area contributed by atoms with Crippen LogP contribution in [0.4, 0.5) is 31.0 Å². The van der Waals surface area contributed by atoms with Gasteiger partial charge in [-0.1, -0.05) is 84.9 Å². The van der Waals surface area contributed by atoms with Gasteiger partial charge in [0, 0.05) is 30.3 Å². The number of aliphatic hydroxyl groups excluding tert-OH is 2. The fourth-order valence-corrected chi connectivity index (χ4v) is 8.54. The van der Waals surface area contributed by atoms with E-state index >= 15 is 8.78 Å². The lowest BCUT2D eigenvalue weighted by atomic mass is 9.98. The molecular weight excluding hydrogens is 1010 g/mol. The SMILES string of the molecule is F.N[C@H](CN1CCC1)[C@H](O)c1ccc2c(c1)OCCO2.O=C(N[C@H](CN1CCC1)[C@H](O)c1ccc2c(c1)OCCO2)C(F)(F)c1ccc(-c2ccc(F)cc2)cc1.O=C(O)C(F)(F)c1ccc(-c2ccc(F)cc2)cc1. The maximum atomic E-state index is 15.2. The van der Waals surface area contributed by atoms with Gasteiger partial charge in [0.15, 0.2) is 23.0 Å². The zero-order chi connectivity index (χ0) is 53.3. The van der Waals surface area contributed by atoms with Crippen LogP contribution in [0.1, 0.15) is 47.3 Å². The number of halogens is 7. The Labute approximate surface area is 433 Å². The fraction of sp³-hybridized carbons (Fsp3) is 0.321. The fourth-order valence-electron chi connectivity index (χ4n) is 8.54. The van der Waals surface area contributed by atoms with Crippen LogP contribution >= 0.6 is 0 Å². The standard InChI is InChI=1S/C28H27F3N2O4.C14H9F3O2.C14H20N2O3.FH/c29-22-9-4-19(5-10-22)18-2-7-21(8-3-18)28(30,31)27(35)32-23(17-33-12-1-13-33)26(34)20-6-11-24-25(16-20)37-15-14-36-24;15-12-7-3-10(4-8-12)9-1-5-11(6-2-9)14(16,17)13(18)19;15-11(9-16-4-1-5-16)14(17)10-2-3-12-13(8-10)19-7-6-18-12;/h2-11,16,23,26,34H,1,12-15,17H2,(H,32,35);1-8H,(H,18,19);2-3,8,11,14,17H,1,4-7,9,15H2;1H/t23-,26-;;11-,14-;/m1.1./s1. The Morgan fingerprint density at radius 3 is 1.30 bits per heavy atom. The van der Waals surface area contributed by atoms with Crippen molar-refractivity contribution in [1.82, 2.24) is 15.1 Å². The number of hydrogen-bond acceptors (Lipinski definition) is 11. The van der Waals surface area contributed by atoms with E-state index in [2.05, 4.69) is 10.2 Å². The van der Waals surface area contributed by atoms with Gasteiger partial charge in [0.05, 0.1) is 12.1 Å². The van der Waals surface area contributed by atoms with Gasteiger partial charge in [-0.2, -0.15) is 17.6 Å². The van der Waals surface area contributed by atoms with E-state index in [4.69, 9.17) is 29.8 Å². The lowest BCUT2D eigenvalue weighted by Crippen LogP contribution is -2.53. The first-order valence-electron chi connectivity index (χ1n) is 24.3. The molecule has 2 fully saturated rings. The van der Waals surface area contributed by atoms with Crippen LogP contribution in [-0.4, -0.2) is 115 Å². The Morgan fingerprint density at radius 2 is 0.908 bits per heavy atom. The molecule has 6 aromatic carbocycles. The molecule has 0 unspecified atom stereocenters. The van der Waals surface area contributed by atoms with Crippen molar-refractivity contribution in [2.24, 2.45) is 5.73 Å². The van der Waals surface area contributed by atoms with Crippen molar-refractivity contribution < 1.29 is 74.9 Å². The summed E-state index contributed by atoms with van der Waals surface area (Å²) in [5, 5.41) is 32.2. The number of likely N-dealkylation sites (tertiary alicyclic amines) is 2. The Morgan fingerprint density at radius 1 is 0.539 bits per heavy atom. The molecule has 6 N–H and O–H groups in total. The molecule has 10 rings (SSSR count). The van der Waals surface area contributed by atoms with Gasteiger partial charge in [0.25, 0.3) is 5.91 Å². The van der Waals surface area contributed by atoms with E-state index < -0.39 is 64.7 Å². The molecule has 76 heavy (non-hydrogen) atoms. The molecular formula is C56H57F7N4O9. The molecule has 0 aromatic heterocycles. The summed E-state index contributed by atoms with van der Waals surface area (Å²) in [4.78, 5) is 27.5. The Hall–Kier alpha value is -7.23. The third kappa shape index (κ3) is 13.8. The van der Waals surface area contributed by atoms with Gasteiger partial charge in [-0.05, 0) is 121 Å². The van der Waals surface area contributed by atoms with Gasteiger partial charge in [0.2, 0.25) is 0 Å². The Kier molecular flexibility index (Phi) is 18.6. The van der Waals surface area contributed by atoms with Crippen molar-refractivity contribution in [1.29, 1.82) is 0 Å². The number of carbonyl (C=O) groups is 2. The van der Waals surface area contributed by atoms with Crippen LogP contribution in [0.5, 0.6) is 23.0 Å². The van der Waals surface area contributed by atoms with Gasteiger partial charge < -0.3 is 55.1 Å². The molecule has 4 heterocycles. The molecule has 4 aliphatic rings. The van der Waals surface area contributed by atoms with Gasteiger partial charge in [-0.3, -0.25) is 9.50 Å². The second kappa shape index (κ2) is 25.1. The average molecular weight is 1060 g/mol. The number of nitrogens with one attached hydrogen (secondary N) is 1. The maximum Gasteiger partial charge on any atom is 0.379 e. The lowest BCUT2D eigenvalue weighted by molar-refractivity contribution is -0.166. The number of hydrogen-bond donors (Lipinski definition) is 5. The van der Waals surface area contributed by atoms with Crippen LogP contribution in [0.3, 0.4) is 0 Å². The molecule has 4 aliphatic heterocycles. The van der Waals surface area contributed by atoms with Crippen LogP contribution in [0.25, 0.3) is 22.3 Å². The Balaban J connectivity index is 0.000000181. The molecule has 20 heteroatoms. The van der Waals surface area contributed by atoms with Crippen molar-refractivity contribution in [3.8, 4) is 45.3 Å². The molecule has 0 spiro atoms. The first-order chi connectivity index (χ1) is 36.0. The topological polar surface area (TPSA) is 176 Å². The number of benzene rings is 6. The highest BCUT2D eigenvalue weighted by Gasteiger charge is 2.43. The number of amides is 1. The first-order valence-corrected chi connectivity index (χ1v) is 24.3. The molecule has 0 saturated carbocycles. The monoisotopic (exact) mass is 1060 g/mol. The molecule has 4 atom stereocenters. The highest BCUT2D eigenvalue weighted by Crippen LogP contribution is 2.37. The third-order valence-corrected chi connectivity index (χ3v) is 13.1. The van der Waals surface area contributed by atoms with Gasteiger partial charge >= 0.3 is 17.8 Å². The lowest BCUT2D eigenvalue weighted by Gasteiger charge is -2.36. The second-order valence-electron chi connectivity index (χ2n) is 18.4. The summed E-state index contributed by atoms with van der Waals surface area (Å²) < 4.78 is 105. The summed E-state index contributed by atoms with van der Waals surface area (Å²) in [6, 6.07) is 30.5. The zero-order valence-electron chi connectivity index (χ0n) is 40.9. The van der Waals surface area contributed by atoms with Gasteiger partial charge in [-0.15, -0.1) is 0 Å². The average Bonchev–Trinajstić information content (AvgIpc) is 3.40. The van der Waals surface area contributed by atoms with Crippen LogP contribution in [0.15, 0.2) is 133 Å². The summed E-state index contributed by atoms with van der Waals surface area (Å²) in [5.41, 5.74) is 8.76. The number of nitrogens with two attached hydrogens (primary N) is 1. The number of carboxylic acid groups (broad SMARTS) is 1. The minimum atomic E-state index is -3.92. The van der Waals surface area contributed by atoms with E-state index in [9.17, 15) is 37.4 Å².